The monoisotopic (exact) mass is 470 g/mol. The molecule has 0 heterocycles. The molecule has 1 unspecified atom stereocenters. The van der Waals surface area contributed by atoms with E-state index in [1.54, 1.807) is 0 Å². The van der Waals surface area contributed by atoms with E-state index in [0.717, 1.165) is 4.48 Å². The Labute approximate surface area is 215 Å². The quantitative estimate of drug-likeness (QED) is 0.104. The van der Waals surface area contributed by atoms with Crippen LogP contribution in [-0.2, 0) is 0 Å². The lowest BCUT2D eigenvalue weighted by Gasteiger charge is -2.43. The molecule has 1 atom stereocenters. The van der Waals surface area contributed by atoms with E-state index in [1.807, 2.05) is 0 Å². The Kier molecular flexibility index (Phi) is 19.3. The van der Waals surface area contributed by atoms with Crippen LogP contribution in [0.15, 0.2) is 43.1 Å². The molecule has 1 nitrogen and oxygen atoms in total. The lowest BCUT2D eigenvalue weighted by Crippen LogP contribution is -2.47. The van der Waals surface area contributed by atoms with Crippen molar-refractivity contribution in [3.8, 4) is 0 Å². The Morgan fingerprint density at radius 1 is 0.588 bits per heavy atom. The predicted octanol–water partition coefficient (Wildman–Crippen LogP) is 11.2. The summed E-state index contributed by atoms with van der Waals surface area (Å²) in [5.41, 5.74) is 1.54. The summed E-state index contributed by atoms with van der Waals surface area (Å²) in [5.74, 6) is 0. The van der Waals surface area contributed by atoms with Gasteiger partial charge < -0.3 is 0 Å². The van der Waals surface area contributed by atoms with Crippen molar-refractivity contribution in [1.29, 1.82) is 0 Å². The van der Waals surface area contributed by atoms with Crippen LogP contribution in [0.2, 0.25) is 0 Å². The molecule has 0 aliphatic carbocycles. The Bertz CT molecular complexity index is 547. The van der Waals surface area contributed by atoms with Gasteiger partial charge >= 0.3 is 0 Å². The molecule has 196 valence electrons. The zero-order chi connectivity index (χ0) is 24.7. The van der Waals surface area contributed by atoms with E-state index >= 15 is 0 Å². The highest BCUT2D eigenvalue weighted by molar-refractivity contribution is 5.17. The summed E-state index contributed by atoms with van der Waals surface area (Å²) < 4.78 is 1.10. The van der Waals surface area contributed by atoms with Crippen molar-refractivity contribution in [1.82, 2.24) is 0 Å². The van der Waals surface area contributed by atoms with Crippen molar-refractivity contribution >= 4 is 0 Å². The SMILES string of the molecule is C=C[N+](CCCCCCCC)(CCCCCCCC)C(CCCCCCCC)c1ccccc1. The van der Waals surface area contributed by atoms with E-state index in [0.29, 0.717) is 6.04 Å². The van der Waals surface area contributed by atoms with Gasteiger partial charge in [0, 0.05) is 12.0 Å². The van der Waals surface area contributed by atoms with Gasteiger partial charge in [0.25, 0.3) is 0 Å². The second-order valence-electron chi connectivity index (χ2n) is 10.8. The van der Waals surface area contributed by atoms with Gasteiger partial charge in [0.2, 0.25) is 0 Å². The first-order chi connectivity index (χ1) is 16.7. The number of benzene rings is 1. The van der Waals surface area contributed by atoms with Gasteiger partial charge in [0.15, 0.2) is 0 Å². The second-order valence-corrected chi connectivity index (χ2v) is 10.8. The fourth-order valence-corrected chi connectivity index (χ4v) is 5.62. The second kappa shape index (κ2) is 21.2. The highest BCUT2D eigenvalue weighted by Crippen LogP contribution is 2.36. The first-order valence-corrected chi connectivity index (χ1v) is 15.3. The van der Waals surface area contributed by atoms with E-state index < -0.39 is 0 Å². The number of nitrogens with zero attached hydrogens (tertiary/aromatic N) is 1. The topological polar surface area (TPSA) is 0 Å². The van der Waals surface area contributed by atoms with E-state index in [4.69, 9.17) is 0 Å². The number of unbranched alkanes of at least 4 members (excludes halogenated alkanes) is 15. The summed E-state index contributed by atoms with van der Waals surface area (Å²) in [4.78, 5) is 0. The molecule has 34 heavy (non-hydrogen) atoms. The third-order valence-electron chi connectivity index (χ3n) is 7.86. The highest BCUT2D eigenvalue weighted by Gasteiger charge is 2.34. The first kappa shape index (κ1) is 31.0. The Morgan fingerprint density at radius 3 is 1.44 bits per heavy atom. The molecule has 0 saturated carbocycles. The van der Waals surface area contributed by atoms with E-state index in [1.165, 1.54) is 141 Å². The van der Waals surface area contributed by atoms with Crippen LogP contribution in [0.5, 0.6) is 0 Å². The van der Waals surface area contributed by atoms with Crippen LogP contribution in [0.4, 0.5) is 0 Å². The molecule has 0 N–H and O–H groups in total. The van der Waals surface area contributed by atoms with Gasteiger partial charge in [-0.15, -0.1) is 0 Å². The lowest BCUT2D eigenvalue weighted by atomic mass is 9.94. The molecule has 1 aromatic rings. The Hall–Kier alpha value is -1.08. The molecular weight excluding hydrogens is 410 g/mol. The van der Waals surface area contributed by atoms with Crippen LogP contribution in [0, 0.1) is 0 Å². The molecule has 0 fully saturated rings. The Balaban J connectivity index is 2.89. The summed E-state index contributed by atoms with van der Waals surface area (Å²) in [7, 11) is 0. The fraction of sp³-hybridized carbons (Fsp3) is 0.758. The molecule has 0 spiro atoms. The van der Waals surface area contributed by atoms with Gasteiger partial charge in [-0.1, -0.05) is 135 Å². The van der Waals surface area contributed by atoms with Crippen molar-refractivity contribution < 1.29 is 4.48 Å². The maximum Gasteiger partial charge on any atom is 0.119 e. The minimum atomic E-state index is 0.566. The average molecular weight is 471 g/mol. The van der Waals surface area contributed by atoms with Crippen molar-refractivity contribution in [3.05, 3.63) is 48.7 Å². The molecule has 0 aliphatic heterocycles. The molecule has 1 heteroatoms. The van der Waals surface area contributed by atoms with Gasteiger partial charge in [-0.3, -0.25) is 4.48 Å². The maximum absolute atomic E-state index is 4.48. The summed E-state index contributed by atoms with van der Waals surface area (Å²) in [6, 6.07) is 12.0. The van der Waals surface area contributed by atoms with Crippen LogP contribution < -0.4 is 0 Å². The average Bonchev–Trinajstić information content (AvgIpc) is 2.87. The molecule has 1 aromatic carbocycles. The molecular formula is C33H60N+. The third-order valence-corrected chi connectivity index (χ3v) is 7.86. The number of hydrogen-bond acceptors (Lipinski definition) is 0. The molecule has 0 radical (unpaired) electrons. The van der Waals surface area contributed by atoms with E-state index in [-0.39, 0.29) is 0 Å². The summed E-state index contributed by atoms with van der Waals surface area (Å²) in [6.07, 6.45) is 28.4. The minimum Gasteiger partial charge on any atom is -0.292 e. The van der Waals surface area contributed by atoms with Crippen molar-refractivity contribution in [2.45, 2.75) is 149 Å². The predicted molar refractivity (Wildman–Crippen MR) is 154 cm³/mol. The standard InChI is InChI=1S/C33H60N/c1-5-9-12-15-18-24-29-33(32-27-22-21-23-28-32)34(8-4,30-25-19-16-13-10-6-2)31-26-20-17-14-11-7-3/h8,21-23,27-28,33H,4-7,9-20,24-26,29-31H2,1-3H3/q+1. The lowest BCUT2D eigenvalue weighted by molar-refractivity contribution is -0.911. The van der Waals surface area contributed by atoms with Crippen LogP contribution in [0.25, 0.3) is 0 Å². The molecule has 0 bridgehead atoms. The van der Waals surface area contributed by atoms with Gasteiger partial charge in [-0.2, -0.15) is 0 Å². The van der Waals surface area contributed by atoms with Crippen LogP contribution >= 0.6 is 0 Å². The number of hydrogen-bond donors (Lipinski definition) is 0. The zero-order valence-corrected chi connectivity index (χ0v) is 23.5. The molecule has 0 aromatic heterocycles. The fourth-order valence-electron chi connectivity index (χ4n) is 5.62. The number of quaternary nitrogens is 1. The van der Waals surface area contributed by atoms with E-state index in [9.17, 15) is 0 Å². The first-order valence-electron chi connectivity index (χ1n) is 15.3. The van der Waals surface area contributed by atoms with Crippen molar-refractivity contribution in [2.24, 2.45) is 0 Å². The summed E-state index contributed by atoms with van der Waals surface area (Å²) in [5, 5.41) is 0. The van der Waals surface area contributed by atoms with Crippen LogP contribution in [0.1, 0.15) is 154 Å². The summed E-state index contributed by atoms with van der Waals surface area (Å²) in [6.45, 7) is 13.9. The van der Waals surface area contributed by atoms with E-state index in [2.05, 4.69) is 63.9 Å². The maximum atomic E-state index is 4.48. The zero-order valence-electron chi connectivity index (χ0n) is 23.5. The van der Waals surface area contributed by atoms with Gasteiger partial charge in [-0.25, -0.2) is 0 Å². The van der Waals surface area contributed by atoms with Gasteiger partial charge in [0.1, 0.15) is 6.04 Å². The van der Waals surface area contributed by atoms with Gasteiger partial charge in [0.05, 0.1) is 19.3 Å². The minimum absolute atomic E-state index is 0.566. The number of rotatable bonds is 24. The smallest absolute Gasteiger partial charge is 0.119 e. The molecule has 0 aliphatic rings. The molecule has 0 saturated heterocycles. The van der Waals surface area contributed by atoms with Crippen molar-refractivity contribution in [3.63, 3.8) is 0 Å². The Morgan fingerprint density at radius 2 is 1.00 bits per heavy atom. The normalized spacial score (nSPS) is 12.7. The molecule has 1 rings (SSSR count). The van der Waals surface area contributed by atoms with Crippen molar-refractivity contribution in [2.75, 3.05) is 13.1 Å². The van der Waals surface area contributed by atoms with Gasteiger partial charge in [-0.05, 0) is 38.7 Å². The largest absolute Gasteiger partial charge is 0.292 e. The van der Waals surface area contributed by atoms with Crippen LogP contribution in [0.3, 0.4) is 0 Å². The summed E-state index contributed by atoms with van der Waals surface area (Å²) >= 11 is 0. The van der Waals surface area contributed by atoms with Crippen LogP contribution in [-0.4, -0.2) is 17.6 Å². The third kappa shape index (κ3) is 13.1. The highest BCUT2D eigenvalue weighted by atomic mass is 15.4. The molecule has 0 amide bonds.